The highest BCUT2D eigenvalue weighted by molar-refractivity contribution is 6.31. The molecule has 0 saturated heterocycles. The van der Waals surface area contributed by atoms with E-state index in [-0.39, 0.29) is 0 Å². The topological polar surface area (TPSA) is 12.9 Å². The Bertz CT molecular complexity index is 1010. The van der Waals surface area contributed by atoms with Crippen LogP contribution in [0.1, 0.15) is 5.69 Å². The van der Waals surface area contributed by atoms with Gasteiger partial charge in [-0.25, -0.2) is 0 Å². The quantitative estimate of drug-likeness (QED) is 0.407. The van der Waals surface area contributed by atoms with E-state index < -0.39 is 0 Å². The molecule has 0 unspecified atom stereocenters. The molecule has 0 spiro atoms. The summed E-state index contributed by atoms with van der Waals surface area (Å²) >= 11 is 6.22. The van der Waals surface area contributed by atoms with Crippen LogP contribution in [0.5, 0.6) is 0 Å². The standard InChI is InChI=1S/C22H16ClN/c1-15-20-14-18(23)12-13-19(20)21(16-8-4-2-5-9-16)22(24-15)17-10-6-3-7-11-17/h2-14H,1H3. The molecule has 1 aromatic heterocycles. The molecular formula is C22H16ClN. The predicted octanol–water partition coefficient (Wildman–Crippen LogP) is 6.53. The van der Waals surface area contributed by atoms with Crippen molar-refractivity contribution in [3.8, 4) is 22.4 Å². The monoisotopic (exact) mass is 329 g/mol. The van der Waals surface area contributed by atoms with Crippen molar-refractivity contribution in [1.29, 1.82) is 0 Å². The summed E-state index contributed by atoms with van der Waals surface area (Å²) in [6.45, 7) is 2.04. The average molecular weight is 330 g/mol. The number of aryl methyl sites for hydroxylation is 1. The molecule has 4 aromatic rings. The van der Waals surface area contributed by atoms with E-state index in [4.69, 9.17) is 16.6 Å². The molecule has 0 radical (unpaired) electrons. The Kier molecular flexibility index (Phi) is 3.79. The molecule has 0 bridgehead atoms. The Morgan fingerprint density at radius 1 is 0.708 bits per heavy atom. The van der Waals surface area contributed by atoms with E-state index >= 15 is 0 Å². The molecule has 1 heterocycles. The zero-order valence-corrected chi connectivity index (χ0v) is 14.1. The van der Waals surface area contributed by atoms with Gasteiger partial charge in [0, 0.05) is 27.2 Å². The van der Waals surface area contributed by atoms with Gasteiger partial charge in [-0.3, -0.25) is 4.98 Å². The summed E-state index contributed by atoms with van der Waals surface area (Å²) in [4.78, 5) is 4.93. The predicted molar refractivity (Wildman–Crippen MR) is 102 cm³/mol. The van der Waals surface area contributed by atoms with Crippen LogP contribution < -0.4 is 0 Å². The SMILES string of the molecule is Cc1nc(-c2ccccc2)c(-c2ccccc2)c2ccc(Cl)cc12. The first-order chi connectivity index (χ1) is 11.7. The molecular weight excluding hydrogens is 314 g/mol. The third-order valence-corrected chi connectivity index (χ3v) is 4.50. The van der Waals surface area contributed by atoms with Crippen molar-refractivity contribution in [3.63, 3.8) is 0 Å². The number of nitrogens with zero attached hydrogens (tertiary/aromatic N) is 1. The number of pyridine rings is 1. The van der Waals surface area contributed by atoms with Crippen LogP contribution in [0.2, 0.25) is 5.02 Å². The Balaban J connectivity index is 2.14. The lowest BCUT2D eigenvalue weighted by molar-refractivity contribution is 1.24. The van der Waals surface area contributed by atoms with Gasteiger partial charge in [0.1, 0.15) is 0 Å². The molecule has 0 amide bonds. The number of fused-ring (bicyclic) bond motifs is 1. The minimum atomic E-state index is 0.735. The number of benzene rings is 3. The molecule has 0 saturated carbocycles. The zero-order chi connectivity index (χ0) is 16.5. The van der Waals surface area contributed by atoms with Gasteiger partial charge in [-0.15, -0.1) is 0 Å². The average Bonchev–Trinajstić information content (AvgIpc) is 2.63. The lowest BCUT2D eigenvalue weighted by Crippen LogP contribution is -1.95. The van der Waals surface area contributed by atoms with E-state index in [1.165, 1.54) is 5.39 Å². The maximum absolute atomic E-state index is 6.22. The molecule has 0 aliphatic rings. The van der Waals surface area contributed by atoms with Crippen LogP contribution in [0.15, 0.2) is 78.9 Å². The highest BCUT2D eigenvalue weighted by Gasteiger charge is 2.15. The number of aromatic nitrogens is 1. The molecule has 24 heavy (non-hydrogen) atoms. The van der Waals surface area contributed by atoms with E-state index in [0.717, 1.165) is 38.5 Å². The van der Waals surface area contributed by atoms with Crippen molar-refractivity contribution < 1.29 is 0 Å². The van der Waals surface area contributed by atoms with Crippen molar-refractivity contribution in [3.05, 3.63) is 89.6 Å². The highest BCUT2D eigenvalue weighted by Crippen LogP contribution is 2.38. The third-order valence-electron chi connectivity index (χ3n) is 4.27. The summed E-state index contributed by atoms with van der Waals surface area (Å²) in [5.41, 5.74) is 5.44. The summed E-state index contributed by atoms with van der Waals surface area (Å²) in [5, 5.41) is 3.01. The molecule has 2 heteroatoms. The summed E-state index contributed by atoms with van der Waals surface area (Å²) < 4.78 is 0. The molecule has 0 fully saturated rings. The van der Waals surface area contributed by atoms with Crippen molar-refractivity contribution in [2.45, 2.75) is 6.92 Å². The second kappa shape index (κ2) is 6.10. The minimum absolute atomic E-state index is 0.735. The fourth-order valence-electron chi connectivity index (χ4n) is 3.15. The van der Waals surface area contributed by atoms with Gasteiger partial charge in [-0.05, 0) is 30.0 Å². The van der Waals surface area contributed by atoms with Crippen LogP contribution in [0.3, 0.4) is 0 Å². The second-order valence-corrected chi connectivity index (χ2v) is 6.28. The zero-order valence-electron chi connectivity index (χ0n) is 13.3. The van der Waals surface area contributed by atoms with Crippen LogP contribution >= 0.6 is 11.6 Å². The summed E-state index contributed by atoms with van der Waals surface area (Å²) in [5.74, 6) is 0. The smallest absolute Gasteiger partial charge is 0.0789 e. The maximum Gasteiger partial charge on any atom is 0.0789 e. The highest BCUT2D eigenvalue weighted by atomic mass is 35.5. The molecule has 4 rings (SSSR count). The molecule has 3 aromatic carbocycles. The van der Waals surface area contributed by atoms with E-state index in [0.29, 0.717) is 0 Å². The van der Waals surface area contributed by atoms with Gasteiger partial charge in [-0.2, -0.15) is 0 Å². The summed E-state index contributed by atoms with van der Waals surface area (Å²) in [7, 11) is 0. The van der Waals surface area contributed by atoms with Crippen LogP contribution in [-0.4, -0.2) is 4.98 Å². The van der Waals surface area contributed by atoms with E-state index in [1.807, 2.05) is 43.3 Å². The first-order valence-corrected chi connectivity index (χ1v) is 8.32. The van der Waals surface area contributed by atoms with Crippen molar-refractivity contribution in [2.75, 3.05) is 0 Å². The Morgan fingerprint density at radius 3 is 2.00 bits per heavy atom. The molecule has 0 aliphatic carbocycles. The van der Waals surface area contributed by atoms with Crippen molar-refractivity contribution in [1.82, 2.24) is 4.98 Å². The second-order valence-electron chi connectivity index (χ2n) is 5.84. The van der Waals surface area contributed by atoms with Gasteiger partial charge in [0.15, 0.2) is 0 Å². The lowest BCUT2D eigenvalue weighted by atomic mass is 9.93. The third kappa shape index (κ3) is 2.57. The minimum Gasteiger partial charge on any atom is -0.252 e. The Hall–Kier alpha value is -2.64. The first kappa shape index (κ1) is 14.9. The lowest BCUT2D eigenvalue weighted by Gasteiger charge is -2.15. The normalized spacial score (nSPS) is 10.9. The molecule has 116 valence electrons. The fraction of sp³-hybridized carbons (Fsp3) is 0.0455. The molecule has 0 aliphatic heterocycles. The molecule has 1 nitrogen and oxygen atoms in total. The van der Waals surface area contributed by atoms with Gasteiger partial charge in [0.25, 0.3) is 0 Å². The molecule has 0 N–H and O–H groups in total. The number of hydrogen-bond donors (Lipinski definition) is 0. The van der Waals surface area contributed by atoms with Crippen molar-refractivity contribution >= 4 is 22.4 Å². The van der Waals surface area contributed by atoms with Gasteiger partial charge < -0.3 is 0 Å². The Morgan fingerprint density at radius 2 is 1.33 bits per heavy atom. The van der Waals surface area contributed by atoms with Gasteiger partial charge in [0.05, 0.1) is 5.69 Å². The number of hydrogen-bond acceptors (Lipinski definition) is 1. The number of rotatable bonds is 2. The fourth-order valence-corrected chi connectivity index (χ4v) is 3.32. The van der Waals surface area contributed by atoms with Gasteiger partial charge >= 0.3 is 0 Å². The summed E-state index contributed by atoms with van der Waals surface area (Å²) in [6, 6.07) is 26.8. The van der Waals surface area contributed by atoms with Crippen LogP contribution in [0.4, 0.5) is 0 Å². The van der Waals surface area contributed by atoms with Gasteiger partial charge in [-0.1, -0.05) is 78.3 Å². The van der Waals surface area contributed by atoms with E-state index in [9.17, 15) is 0 Å². The van der Waals surface area contributed by atoms with E-state index in [2.05, 4.69) is 42.5 Å². The van der Waals surface area contributed by atoms with Crippen LogP contribution in [0.25, 0.3) is 33.2 Å². The first-order valence-electron chi connectivity index (χ1n) is 7.95. The molecule has 0 atom stereocenters. The van der Waals surface area contributed by atoms with Crippen LogP contribution in [-0.2, 0) is 0 Å². The Labute approximate surface area is 146 Å². The number of halogens is 1. The largest absolute Gasteiger partial charge is 0.252 e. The maximum atomic E-state index is 6.22. The van der Waals surface area contributed by atoms with Crippen LogP contribution in [0, 0.1) is 6.92 Å². The van der Waals surface area contributed by atoms with Crippen molar-refractivity contribution in [2.24, 2.45) is 0 Å². The van der Waals surface area contributed by atoms with E-state index in [1.54, 1.807) is 0 Å². The summed E-state index contributed by atoms with van der Waals surface area (Å²) in [6.07, 6.45) is 0. The van der Waals surface area contributed by atoms with Gasteiger partial charge in [0.2, 0.25) is 0 Å².